The van der Waals surface area contributed by atoms with Crippen molar-refractivity contribution in [3.8, 4) is 0 Å². The predicted molar refractivity (Wildman–Crippen MR) is 47.6 cm³/mol. The van der Waals surface area contributed by atoms with Crippen LogP contribution in [0.3, 0.4) is 0 Å². The molecule has 3 N–H and O–H groups in total. The molecule has 0 aliphatic carbocycles. The molecule has 0 radical (unpaired) electrons. The second kappa shape index (κ2) is 4.77. The molecule has 0 rings (SSSR count). The lowest BCUT2D eigenvalue weighted by Crippen LogP contribution is -2.49. The van der Waals surface area contributed by atoms with Crippen molar-refractivity contribution in [2.75, 3.05) is 6.61 Å². The number of carbonyl (C=O) groups is 1. The van der Waals surface area contributed by atoms with E-state index >= 15 is 0 Å². The Labute approximate surface area is 72.7 Å². The minimum atomic E-state index is -0.578. The van der Waals surface area contributed by atoms with Gasteiger partial charge in [0.15, 0.2) is 0 Å². The Morgan fingerprint density at radius 3 is 2.58 bits per heavy atom. The van der Waals surface area contributed by atoms with Gasteiger partial charge in [-0.2, -0.15) is 0 Å². The monoisotopic (exact) mass is 172 g/mol. The summed E-state index contributed by atoms with van der Waals surface area (Å²) in [6.45, 7) is 5.19. The third-order valence-electron chi connectivity index (χ3n) is 1.23. The maximum absolute atomic E-state index is 11.0. The van der Waals surface area contributed by atoms with Gasteiger partial charge in [-0.05, 0) is 20.8 Å². The van der Waals surface area contributed by atoms with Gasteiger partial charge in [0.2, 0.25) is 0 Å². The van der Waals surface area contributed by atoms with E-state index in [1.807, 2.05) is 0 Å². The molecule has 0 unspecified atom stereocenters. The first-order valence-electron chi connectivity index (χ1n) is 3.82. The summed E-state index contributed by atoms with van der Waals surface area (Å²) >= 11 is 0. The van der Waals surface area contributed by atoms with E-state index in [0.717, 1.165) is 0 Å². The molecule has 0 saturated heterocycles. The van der Waals surface area contributed by atoms with Crippen LogP contribution in [0.25, 0.3) is 0 Å². The number of hydrogen-bond donors (Lipinski definition) is 3. The van der Waals surface area contributed by atoms with Gasteiger partial charge in [-0.1, -0.05) is 6.08 Å². The Hall–Kier alpha value is -1.03. The van der Waals surface area contributed by atoms with Crippen molar-refractivity contribution in [2.45, 2.75) is 26.3 Å². The lowest BCUT2D eigenvalue weighted by molar-refractivity contribution is 0.183. The number of aliphatic hydroxyl groups excluding tert-OH is 1. The molecule has 0 aromatic carbocycles. The van der Waals surface area contributed by atoms with E-state index in [1.54, 1.807) is 26.8 Å². The van der Waals surface area contributed by atoms with Gasteiger partial charge >= 0.3 is 6.03 Å². The standard InChI is InChI=1S/C8H16N2O2/c1-4-5-9-7(12)10-8(2,3)6-11/h4-5,11H,6H2,1-3H3,(H2,9,10,12)/b5-4+. The van der Waals surface area contributed by atoms with Crippen molar-refractivity contribution < 1.29 is 9.90 Å². The van der Waals surface area contributed by atoms with Crippen LogP contribution in [0.1, 0.15) is 20.8 Å². The average Bonchev–Trinajstić information content (AvgIpc) is 2.00. The number of urea groups is 1. The molecule has 0 aromatic heterocycles. The van der Waals surface area contributed by atoms with E-state index in [4.69, 9.17) is 5.11 Å². The molecule has 70 valence electrons. The fourth-order valence-corrected chi connectivity index (χ4v) is 0.542. The summed E-state index contributed by atoms with van der Waals surface area (Å²) in [6, 6.07) is -0.313. The highest BCUT2D eigenvalue weighted by Gasteiger charge is 2.17. The number of carbonyl (C=O) groups excluding carboxylic acids is 1. The van der Waals surface area contributed by atoms with E-state index in [2.05, 4.69) is 10.6 Å². The number of nitrogens with one attached hydrogen (secondary N) is 2. The summed E-state index contributed by atoms with van der Waals surface area (Å²) in [4.78, 5) is 11.0. The Kier molecular flexibility index (Phi) is 4.36. The fraction of sp³-hybridized carbons (Fsp3) is 0.625. The second-order valence-corrected chi connectivity index (χ2v) is 3.14. The summed E-state index contributed by atoms with van der Waals surface area (Å²) < 4.78 is 0. The second-order valence-electron chi connectivity index (χ2n) is 3.14. The number of allylic oxidation sites excluding steroid dienone is 1. The van der Waals surface area contributed by atoms with Crippen LogP contribution < -0.4 is 10.6 Å². The number of amides is 2. The molecule has 0 aliphatic rings. The van der Waals surface area contributed by atoms with Gasteiger partial charge in [0.25, 0.3) is 0 Å². The molecule has 0 atom stereocenters. The quantitative estimate of drug-likeness (QED) is 0.583. The average molecular weight is 172 g/mol. The van der Waals surface area contributed by atoms with Crippen molar-refractivity contribution in [1.82, 2.24) is 10.6 Å². The van der Waals surface area contributed by atoms with Gasteiger partial charge in [0.05, 0.1) is 12.1 Å². The summed E-state index contributed by atoms with van der Waals surface area (Å²) in [6.07, 6.45) is 3.24. The van der Waals surface area contributed by atoms with Crippen LogP contribution in [0.15, 0.2) is 12.3 Å². The minimum absolute atomic E-state index is 0.0870. The largest absolute Gasteiger partial charge is 0.394 e. The number of rotatable bonds is 3. The van der Waals surface area contributed by atoms with E-state index < -0.39 is 5.54 Å². The molecule has 4 nitrogen and oxygen atoms in total. The zero-order valence-electron chi connectivity index (χ0n) is 7.72. The van der Waals surface area contributed by atoms with E-state index in [0.29, 0.717) is 0 Å². The van der Waals surface area contributed by atoms with Crippen LogP contribution in [0.5, 0.6) is 0 Å². The summed E-state index contributed by atoms with van der Waals surface area (Å²) in [5, 5.41) is 13.9. The first kappa shape index (κ1) is 11.0. The van der Waals surface area contributed by atoms with E-state index in [9.17, 15) is 4.79 Å². The molecule has 4 heteroatoms. The van der Waals surface area contributed by atoms with Crippen LogP contribution in [-0.2, 0) is 0 Å². The van der Waals surface area contributed by atoms with Crippen molar-refractivity contribution in [3.05, 3.63) is 12.3 Å². The van der Waals surface area contributed by atoms with Gasteiger partial charge in [-0.3, -0.25) is 0 Å². The third kappa shape index (κ3) is 4.73. The van der Waals surface area contributed by atoms with Crippen LogP contribution in [-0.4, -0.2) is 23.3 Å². The van der Waals surface area contributed by atoms with Crippen LogP contribution in [0.4, 0.5) is 4.79 Å². The van der Waals surface area contributed by atoms with Gasteiger partial charge in [0.1, 0.15) is 0 Å². The molecular weight excluding hydrogens is 156 g/mol. The lowest BCUT2D eigenvalue weighted by Gasteiger charge is -2.22. The van der Waals surface area contributed by atoms with Crippen molar-refractivity contribution in [3.63, 3.8) is 0 Å². The maximum Gasteiger partial charge on any atom is 0.319 e. The molecule has 12 heavy (non-hydrogen) atoms. The highest BCUT2D eigenvalue weighted by atomic mass is 16.3. The van der Waals surface area contributed by atoms with Gasteiger partial charge in [-0.25, -0.2) is 4.79 Å². The summed E-state index contributed by atoms with van der Waals surface area (Å²) in [7, 11) is 0. The van der Waals surface area contributed by atoms with Crippen molar-refractivity contribution in [1.29, 1.82) is 0 Å². The molecule has 0 heterocycles. The molecule has 0 spiro atoms. The summed E-state index contributed by atoms with van der Waals surface area (Å²) in [5.41, 5.74) is -0.578. The zero-order valence-corrected chi connectivity index (χ0v) is 7.72. The van der Waals surface area contributed by atoms with Gasteiger partial charge < -0.3 is 15.7 Å². The molecular formula is C8H16N2O2. The van der Waals surface area contributed by atoms with E-state index in [1.165, 1.54) is 6.20 Å². The van der Waals surface area contributed by atoms with E-state index in [-0.39, 0.29) is 12.6 Å². The Bertz CT molecular complexity index is 176. The highest BCUT2D eigenvalue weighted by molar-refractivity contribution is 5.75. The van der Waals surface area contributed by atoms with Crippen molar-refractivity contribution >= 4 is 6.03 Å². The molecule has 0 bridgehead atoms. The first-order chi connectivity index (χ1) is 5.52. The molecule has 0 fully saturated rings. The van der Waals surface area contributed by atoms with Gasteiger partial charge in [-0.15, -0.1) is 0 Å². The Morgan fingerprint density at radius 2 is 2.17 bits per heavy atom. The Morgan fingerprint density at radius 1 is 1.58 bits per heavy atom. The normalized spacial score (nSPS) is 11.7. The van der Waals surface area contributed by atoms with Gasteiger partial charge in [0, 0.05) is 6.20 Å². The topological polar surface area (TPSA) is 61.4 Å². The predicted octanol–water partition coefficient (Wildman–Crippen LogP) is 0.590. The highest BCUT2D eigenvalue weighted by Crippen LogP contribution is 1.98. The lowest BCUT2D eigenvalue weighted by atomic mass is 10.1. The smallest absolute Gasteiger partial charge is 0.319 e. The Balaban J connectivity index is 3.84. The third-order valence-corrected chi connectivity index (χ3v) is 1.23. The van der Waals surface area contributed by atoms with Crippen LogP contribution in [0.2, 0.25) is 0 Å². The molecule has 0 aliphatic heterocycles. The SMILES string of the molecule is C/C=C/NC(=O)NC(C)(C)CO. The number of hydrogen-bond acceptors (Lipinski definition) is 2. The minimum Gasteiger partial charge on any atom is -0.394 e. The zero-order chi connectivity index (χ0) is 9.61. The van der Waals surface area contributed by atoms with Crippen LogP contribution >= 0.6 is 0 Å². The van der Waals surface area contributed by atoms with Crippen molar-refractivity contribution in [2.24, 2.45) is 0 Å². The maximum atomic E-state index is 11.0. The molecule has 0 saturated carbocycles. The number of aliphatic hydroxyl groups is 1. The van der Waals surface area contributed by atoms with Crippen LogP contribution in [0, 0.1) is 0 Å². The molecule has 2 amide bonds. The first-order valence-corrected chi connectivity index (χ1v) is 3.82. The fourth-order valence-electron chi connectivity index (χ4n) is 0.542. The summed E-state index contributed by atoms with van der Waals surface area (Å²) in [5.74, 6) is 0. The molecule has 0 aromatic rings.